The molecule has 21 heavy (non-hydrogen) atoms. The third-order valence-corrected chi connectivity index (χ3v) is 4.23. The van der Waals surface area contributed by atoms with Gasteiger partial charge in [0.25, 0.3) is 0 Å². The van der Waals surface area contributed by atoms with Crippen LogP contribution >= 0.6 is 12.2 Å². The van der Waals surface area contributed by atoms with Crippen LogP contribution in [-0.2, 0) is 22.2 Å². The van der Waals surface area contributed by atoms with E-state index in [2.05, 4.69) is 14.9 Å². The molecular formula is C12H14N4O3S2. The summed E-state index contributed by atoms with van der Waals surface area (Å²) in [6, 6.07) is 6.83. The molecule has 0 aliphatic rings. The van der Waals surface area contributed by atoms with E-state index in [1.54, 1.807) is 24.3 Å². The molecule has 1 heterocycles. The summed E-state index contributed by atoms with van der Waals surface area (Å²) < 4.78 is 31.2. The number of hydrogen-bond donors (Lipinski definition) is 2. The molecule has 1 aromatic heterocycles. The van der Waals surface area contributed by atoms with Crippen LogP contribution in [0.15, 0.2) is 35.1 Å². The maximum atomic E-state index is 12.0. The van der Waals surface area contributed by atoms with Crippen molar-refractivity contribution in [2.24, 2.45) is 5.73 Å². The highest BCUT2D eigenvalue weighted by molar-refractivity contribution is 7.88. The number of aromatic nitrogens is 2. The van der Waals surface area contributed by atoms with Crippen LogP contribution in [0, 0.1) is 0 Å². The molecule has 0 atom stereocenters. The number of thiocarbonyl (C=S) groups is 1. The number of nitrogens with zero attached hydrogens (tertiary/aromatic N) is 2. The van der Waals surface area contributed by atoms with E-state index in [9.17, 15) is 8.42 Å². The Morgan fingerprint density at radius 2 is 2.24 bits per heavy atom. The minimum atomic E-state index is -3.45. The standard InChI is InChI=1S/C12H14N4O3S2/c13-12(20)10-3-1-2-9(6-10)7-21(17,18)16-5-4-11-14-8-15-19-11/h1-3,6,8,16H,4-5,7H2,(H2,13,20). The van der Waals surface area contributed by atoms with Crippen molar-refractivity contribution in [2.45, 2.75) is 12.2 Å². The lowest BCUT2D eigenvalue weighted by atomic mass is 10.1. The highest BCUT2D eigenvalue weighted by Gasteiger charge is 2.12. The van der Waals surface area contributed by atoms with Gasteiger partial charge in [0.05, 0.1) is 5.75 Å². The second-order valence-corrected chi connectivity index (χ2v) is 6.55. The fourth-order valence-electron chi connectivity index (χ4n) is 1.70. The van der Waals surface area contributed by atoms with Gasteiger partial charge in [-0.15, -0.1) is 0 Å². The molecule has 0 fully saturated rings. The van der Waals surface area contributed by atoms with Gasteiger partial charge in [-0.3, -0.25) is 0 Å². The van der Waals surface area contributed by atoms with Crippen molar-refractivity contribution < 1.29 is 12.9 Å². The van der Waals surface area contributed by atoms with E-state index in [1.807, 2.05) is 0 Å². The Morgan fingerprint density at radius 1 is 1.43 bits per heavy atom. The van der Waals surface area contributed by atoms with Gasteiger partial charge in [-0.25, -0.2) is 13.1 Å². The summed E-state index contributed by atoms with van der Waals surface area (Å²) in [6.07, 6.45) is 1.61. The Hall–Kier alpha value is -1.84. The Labute approximate surface area is 127 Å². The quantitative estimate of drug-likeness (QED) is 0.707. The highest BCUT2D eigenvalue weighted by Crippen LogP contribution is 2.09. The van der Waals surface area contributed by atoms with Crippen molar-refractivity contribution in [3.8, 4) is 0 Å². The molecule has 0 spiro atoms. The third kappa shape index (κ3) is 4.88. The van der Waals surface area contributed by atoms with E-state index >= 15 is 0 Å². The first-order valence-corrected chi connectivity index (χ1v) is 8.14. The molecule has 0 radical (unpaired) electrons. The molecule has 9 heteroatoms. The minimum absolute atomic E-state index is 0.146. The summed E-state index contributed by atoms with van der Waals surface area (Å²) in [6.45, 7) is 0.194. The lowest BCUT2D eigenvalue weighted by Gasteiger charge is -2.07. The molecule has 0 amide bonds. The first-order chi connectivity index (χ1) is 9.96. The van der Waals surface area contributed by atoms with Crippen LogP contribution in [0.25, 0.3) is 0 Å². The zero-order chi connectivity index (χ0) is 15.3. The monoisotopic (exact) mass is 326 g/mol. The number of nitrogens with two attached hydrogens (primary N) is 1. The summed E-state index contributed by atoms with van der Waals surface area (Å²) >= 11 is 4.87. The third-order valence-electron chi connectivity index (χ3n) is 2.64. The molecule has 0 aliphatic carbocycles. The largest absolute Gasteiger partial charge is 0.389 e. The maximum absolute atomic E-state index is 12.0. The molecule has 112 valence electrons. The molecule has 0 bridgehead atoms. The molecule has 2 aromatic rings. The summed E-state index contributed by atoms with van der Waals surface area (Å²) in [4.78, 5) is 4.04. The van der Waals surface area contributed by atoms with Gasteiger partial charge in [0, 0.05) is 18.5 Å². The number of nitrogens with one attached hydrogen (secondary N) is 1. The van der Waals surface area contributed by atoms with Crippen LogP contribution in [0.1, 0.15) is 17.0 Å². The van der Waals surface area contributed by atoms with Crippen LogP contribution in [0.5, 0.6) is 0 Å². The van der Waals surface area contributed by atoms with Gasteiger partial charge in [0.2, 0.25) is 15.9 Å². The van der Waals surface area contributed by atoms with Crippen LogP contribution < -0.4 is 10.5 Å². The summed E-state index contributed by atoms with van der Waals surface area (Å²) in [5, 5.41) is 3.44. The average molecular weight is 326 g/mol. The number of benzene rings is 1. The van der Waals surface area contributed by atoms with Crippen molar-refractivity contribution in [3.63, 3.8) is 0 Å². The summed E-state index contributed by atoms with van der Waals surface area (Å²) in [7, 11) is -3.45. The van der Waals surface area contributed by atoms with E-state index in [4.69, 9.17) is 22.5 Å². The Kier molecular flexibility index (Phi) is 4.99. The zero-order valence-corrected chi connectivity index (χ0v) is 12.7. The molecule has 0 saturated heterocycles. The number of sulfonamides is 1. The molecule has 3 N–H and O–H groups in total. The van der Waals surface area contributed by atoms with E-state index in [1.165, 1.54) is 6.33 Å². The lowest BCUT2D eigenvalue weighted by molar-refractivity contribution is 0.377. The Morgan fingerprint density at radius 3 is 2.90 bits per heavy atom. The smallest absolute Gasteiger partial charge is 0.227 e. The molecule has 2 rings (SSSR count). The predicted molar refractivity (Wildman–Crippen MR) is 81.0 cm³/mol. The lowest BCUT2D eigenvalue weighted by Crippen LogP contribution is -2.27. The fourth-order valence-corrected chi connectivity index (χ4v) is 2.96. The SMILES string of the molecule is NC(=S)c1cccc(CS(=O)(=O)NCCc2ncno2)c1. The average Bonchev–Trinajstić information content (AvgIpc) is 2.91. The van der Waals surface area contributed by atoms with Crippen LogP contribution in [0.2, 0.25) is 0 Å². The number of hydrogen-bond acceptors (Lipinski definition) is 6. The van der Waals surface area contributed by atoms with E-state index in [0.29, 0.717) is 23.4 Å². The second-order valence-electron chi connectivity index (χ2n) is 4.30. The van der Waals surface area contributed by atoms with Crippen molar-refractivity contribution in [2.75, 3.05) is 6.54 Å². The van der Waals surface area contributed by atoms with Gasteiger partial charge in [-0.1, -0.05) is 35.6 Å². The summed E-state index contributed by atoms with van der Waals surface area (Å²) in [5.74, 6) is 0.237. The second kappa shape index (κ2) is 6.74. The van der Waals surface area contributed by atoms with Crippen LogP contribution in [0.3, 0.4) is 0 Å². The van der Waals surface area contributed by atoms with Gasteiger partial charge in [0.15, 0.2) is 6.33 Å². The van der Waals surface area contributed by atoms with E-state index in [-0.39, 0.29) is 17.3 Å². The highest BCUT2D eigenvalue weighted by atomic mass is 32.2. The molecule has 7 nitrogen and oxygen atoms in total. The van der Waals surface area contributed by atoms with Gasteiger partial charge < -0.3 is 10.3 Å². The Bertz CT molecular complexity index is 714. The normalized spacial score (nSPS) is 11.4. The topological polar surface area (TPSA) is 111 Å². The van der Waals surface area contributed by atoms with E-state index < -0.39 is 10.0 Å². The first-order valence-electron chi connectivity index (χ1n) is 6.08. The van der Waals surface area contributed by atoms with E-state index in [0.717, 1.165) is 0 Å². The van der Waals surface area contributed by atoms with Gasteiger partial charge >= 0.3 is 0 Å². The van der Waals surface area contributed by atoms with Crippen molar-refractivity contribution >= 4 is 27.2 Å². The zero-order valence-electron chi connectivity index (χ0n) is 11.0. The van der Waals surface area contributed by atoms with Crippen molar-refractivity contribution in [1.29, 1.82) is 0 Å². The Balaban J connectivity index is 1.94. The first kappa shape index (κ1) is 15.5. The van der Waals surface area contributed by atoms with Crippen LogP contribution in [0.4, 0.5) is 0 Å². The summed E-state index contributed by atoms with van der Waals surface area (Å²) in [5.41, 5.74) is 6.78. The van der Waals surface area contributed by atoms with Gasteiger partial charge in [0.1, 0.15) is 4.99 Å². The van der Waals surface area contributed by atoms with Crippen molar-refractivity contribution in [1.82, 2.24) is 14.9 Å². The molecule has 0 saturated carbocycles. The maximum Gasteiger partial charge on any atom is 0.227 e. The minimum Gasteiger partial charge on any atom is -0.389 e. The van der Waals surface area contributed by atoms with Crippen molar-refractivity contribution in [3.05, 3.63) is 47.6 Å². The molecular weight excluding hydrogens is 312 g/mol. The molecule has 1 aromatic carbocycles. The molecule has 0 aliphatic heterocycles. The van der Waals surface area contributed by atoms with Gasteiger partial charge in [-0.2, -0.15) is 4.98 Å². The molecule has 0 unspecified atom stereocenters. The predicted octanol–water partition coefficient (Wildman–Crippen LogP) is 0.366. The van der Waals surface area contributed by atoms with Gasteiger partial charge in [-0.05, 0) is 11.6 Å². The fraction of sp³-hybridized carbons (Fsp3) is 0.250. The number of rotatable bonds is 7. The van der Waals surface area contributed by atoms with Crippen LogP contribution in [-0.4, -0.2) is 30.1 Å².